The van der Waals surface area contributed by atoms with E-state index >= 15 is 0 Å². The van der Waals surface area contributed by atoms with Crippen molar-refractivity contribution in [1.82, 2.24) is 30.9 Å². The standard InChI is InChI=1S/C26H38N6O6S.C25H32ClN5O6/c1-19(2)25(26(34)28-14-15-37-16-17-38-18-24(33)27-3)31-39(35,36)23-12-8-21(9-13-23)30-29-20-6-10-22(11-7-20)32(4)5;1-27-24(32)18-37-15-14-36-13-8-28-25(33)20-4-7-22(23(16-20)31(34)35)30-11-9-29(10-12-30)17-19-2-5-21(26)6-3-19/h6-13,19,25,31H,14-18H2,1-5H3,(H,27,33)(H,28,34);2-7,16H,8-15,17-18H2,1H3,(H,27,32)(H,28,33). The summed E-state index contributed by atoms with van der Waals surface area (Å²) < 4.78 is 49.3. The van der Waals surface area contributed by atoms with Crippen LogP contribution >= 0.6 is 11.6 Å². The number of ether oxygens (including phenoxy) is 4. The Hall–Kier alpha value is -6.64. The Kier molecular flexibility index (Phi) is 26.7. The lowest BCUT2D eigenvalue weighted by atomic mass is 10.1. The smallest absolute Gasteiger partial charge is 0.293 e. The molecule has 1 atom stereocenters. The monoisotopic (exact) mass is 1100 g/mol. The number of nitrogens with one attached hydrogen (secondary N) is 5. The lowest BCUT2D eigenvalue weighted by Crippen LogP contribution is -2.50. The van der Waals surface area contributed by atoms with Crippen LogP contribution in [-0.4, -0.2) is 168 Å². The Balaban J connectivity index is 0.000000329. The third-order valence-corrected chi connectivity index (χ3v) is 13.0. The van der Waals surface area contributed by atoms with Gasteiger partial charge in [-0.1, -0.05) is 37.6 Å². The highest BCUT2D eigenvalue weighted by Crippen LogP contribution is 2.31. The average molecular weight is 1100 g/mol. The van der Waals surface area contributed by atoms with Crippen molar-refractivity contribution in [2.75, 3.05) is 130 Å². The van der Waals surface area contributed by atoms with E-state index in [1.807, 2.05) is 72.4 Å². The summed E-state index contributed by atoms with van der Waals surface area (Å²) >= 11 is 5.96. The van der Waals surface area contributed by atoms with Crippen LogP contribution in [0.4, 0.5) is 28.4 Å². The molecule has 414 valence electrons. The molecule has 4 amide bonds. The van der Waals surface area contributed by atoms with Crippen LogP contribution in [-0.2, 0) is 49.9 Å². The molecule has 0 radical (unpaired) electrons. The zero-order valence-electron chi connectivity index (χ0n) is 43.8. The van der Waals surface area contributed by atoms with Gasteiger partial charge < -0.3 is 50.0 Å². The lowest BCUT2D eigenvalue weighted by molar-refractivity contribution is -0.384. The second-order valence-corrected chi connectivity index (χ2v) is 19.7. The molecule has 23 nitrogen and oxygen atoms in total. The maximum absolute atomic E-state index is 13.0. The number of amides is 4. The number of carbonyl (C=O) groups is 4. The van der Waals surface area contributed by atoms with Gasteiger partial charge in [0.15, 0.2) is 0 Å². The van der Waals surface area contributed by atoms with Crippen LogP contribution in [0.1, 0.15) is 29.8 Å². The van der Waals surface area contributed by atoms with E-state index in [1.54, 1.807) is 38.1 Å². The van der Waals surface area contributed by atoms with E-state index in [0.29, 0.717) is 35.2 Å². The van der Waals surface area contributed by atoms with E-state index in [1.165, 1.54) is 37.9 Å². The predicted molar refractivity (Wildman–Crippen MR) is 289 cm³/mol. The fourth-order valence-corrected chi connectivity index (χ4v) is 8.50. The van der Waals surface area contributed by atoms with Crippen molar-refractivity contribution >= 4 is 73.7 Å². The summed E-state index contributed by atoms with van der Waals surface area (Å²) in [6.07, 6.45) is 0. The molecule has 0 spiro atoms. The van der Waals surface area contributed by atoms with Crippen LogP contribution in [0.15, 0.2) is 106 Å². The van der Waals surface area contributed by atoms with Crippen LogP contribution in [0.3, 0.4) is 0 Å². The van der Waals surface area contributed by atoms with Crippen molar-refractivity contribution in [3.05, 3.63) is 117 Å². The van der Waals surface area contributed by atoms with Crippen LogP contribution in [0.5, 0.6) is 0 Å². The van der Waals surface area contributed by atoms with Gasteiger partial charge in [0.25, 0.3) is 11.6 Å². The molecule has 1 aliphatic rings. The van der Waals surface area contributed by atoms with Gasteiger partial charge in [0.1, 0.15) is 24.9 Å². The molecule has 0 saturated carbocycles. The van der Waals surface area contributed by atoms with Crippen LogP contribution < -0.4 is 35.8 Å². The number of piperazine rings is 1. The topological polar surface area (TPSA) is 277 Å². The van der Waals surface area contributed by atoms with Crippen LogP contribution in [0.2, 0.25) is 5.02 Å². The number of rotatable bonds is 29. The summed E-state index contributed by atoms with van der Waals surface area (Å²) in [7, 11) is 2.98. The molecule has 0 aromatic heterocycles. The number of hydrogen-bond acceptors (Lipinski definition) is 17. The first-order chi connectivity index (χ1) is 36.4. The average Bonchev–Trinajstić information content (AvgIpc) is 3.41. The summed E-state index contributed by atoms with van der Waals surface area (Å²) in [5, 5.41) is 31.1. The quantitative estimate of drug-likeness (QED) is 0.0218. The van der Waals surface area contributed by atoms with Crippen LogP contribution in [0, 0.1) is 16.0 Å². The van der Waals surface area contributed by atoms with Gasteiger partial charge in [-0.2, -0.15) is 15.0 Å². The van der Waals surface area contributed by atoms with Crippen molar-refractivity contribution in [1.29, 1.82) is 0 Å². The summed E-state index contributed by atoms with van der Waals surface area (Å²) in [5.41, 5.74) is 3.99. The Bertz CT molecular complexity index is 2600. The van der Waals surface area contributed by atoms with Crippen molar-refractivity contribution in [2.24, 2.45) is 16.1 Å². The Labute approximate surface area is 449 Å². The molecule has 4 aromatic carbocycles. The molecule has 76 heavy (non-hydrogen) atoms. The minimum Gasteiger partial charge on any atom is -0.378 e. The molecule has 0 bridgehead atoms. The molecule has 4 aromatic rings. The van der Waals surface area contributed by atoms with Crippen molar-refractivity contribution in [3.63, 3.8) is 0 Å². The highest BCUT2D eigenvalue weighted by atomic mass is 35.5. The fraction of sp³-hybridized carbons (Fsp3) is 0.451. The first-order valence-corrected chi connectivity index (χ1v) is 26.4. The van der Waals surface area contributed by atoms with Gasteiger partial charge in [0, 0.05) is 96.3 Å². The number of nitrogens with zero attached hydrogens (tertiary/aromatic N) is 6. The number of nitro groups is 1. The summed E-state index contributed by atoms with van der Waals surface area (Å²) in [5.74, 6) is -1.62. The fourth-order valence-electron chi connectivity index (χ4n) is 7.03. The number of benzene rings is 4. The molecule has 1 heterocycles. The van der Waals surface area contributed by atoms with E-state index in [4.69, 9.17) is 30.5 Å². The zero-order chi connectivity index (χ0) is 55.5. The molecule has 5 rings (SSSR count). The number of halogens is 1. The Morgan fingerprint density at radius 2 is 1.25 bits per heavy atom. The Morgan fingerprint density at radius 1 is 0.724 bits per heavy atom. The third-order valence-electron chi connectivity index (χ3n) is 11.3. The SMILES string of the molecule is CNC(=O)COCCOCCNC(=O)C(NS(=O)(=O)c1ccc(N=Nc2ccc(N(C)C)cc2)cc1)C(C)C.CNC(=O)COCCOCCNC(=O)c1ccc(N2CCN(Cc3ccc(Cl)cc3)CC2)c([N+](=O)[O-])c1. The zero-order valence-corrected chi connectivity index (χ0v) is 45.4. The van der Waals surface area contributed by atoms with Crippen LogP contribution in [0.25, 0.3) is 0 Å². The molecule has 1 fully saturated rings. The second-order valence-electron chi connectivity index (χ2n) is 17.5. The van der Waals surface area contributed by atoms with Gasteiger partial charge in [0.05, 0.1) is 60.8 Å². The van der Waals surface area contributed by atoms with E-state index < -0.39 is 32.8 Å². The maximum Gasteiger partial charge on any atom is 0.293 e. The normalized spacial score (nSPS) is 13.1. The third kappa shape index (κ3) is 21.9. The van der Waals surface area contributed by atoms with Crippen molar-refractivity contribution < 1.29 is 51.5 Å². The van der Waals surface area contributed by atoms with Gasteiger partial charge in [-0.25, -0.2) is 8.42 Å². The molecule has 5 N–H and O–H groups in total. The first-order valence-electron chi connectivity index (χ1n) is 24.5. The van der Waals surface area contributed by atoms with E-state index in [-0.39, 0.29) is 99.8 Å². The number of anilines is 2. The molecular weight excluding hydrogens is 1030 g/mol. The van der Waals surface area contributed by atoms with Crippen molar-refractivity contribution in [3.8, 4) is 0 Å². The maximum atomic E-state index is 13.0. The second kappa shape index (κ2) is 32.7. The van der Waals surface area contributed by atoms with Gasteiger partial charge in [-0.15, -0.1) is 0 Å². The van der Waals surface area contributed by atoms with Gasteiger partial charge in [-0.3, -0.25) is 34.2 Å². The predicted octanol–water partition coefficient (Wildman–Crippen LogP) is 4.45. The van der Waals surface area contributed by atoms with E-state index in [9.17, 15) is 37.7 Å². The summed E-state index contributed by atoms with van der Waals surface area (Å²) in [6, 6.07) is 24.8. The van der Waals surface area contributed by atoms with Gasteiger partial charge in [0.2, 0.25) is 27.7 Å². The summed E-state index contributed by atoms with van der Waals surface area (Å²) in [4.78, 5) is 64.9. The number of likely N-dealkylation sites (N-methyl/N-ethyl adjacent to an activating group) is 2. The molecule has 25 heteroatoms. The van der Waals surface area contributed by atoms with Gasteiger partial charge >= 0.3 is 0 Å². The minimum absolute atomic E-state index is 0.00956. The molecule has 0 aliphatic carbocycles. The largest absolute Gasteiger partial charge is 0.378 e. The molecule has 1 saturated heterocycles. The minimum atomic E-state index is -3.97. The number of sulfonamides is 1. The lowest BCUT2D eigenvalue weighted by Gasteiger charge is -2.35. The van der Waals surface area contributed by atoms with E-state index in [2.05, 4.69) is 41.1 Å². The van der Waals surface area contributed by atoms with E-state index in [0.717, 1.165) is 25.3 Å². The molecule has 1 aliphatic heterocycles. The first kappa shape index (κ1) is 61.9. The summed E-state index contributed by atoms with van der Waals surface area (Å²) in [6.45, 7) is 8.92. The number of azo groups is 1. The van der Waals surface area contributed by atoms with Crippen molar-refractivity contribution in [2.45, 2.75) is 31.3 Å². The highest BCUT2D eigenvalue weighted by Gasteiger charge is 2.29. The highest BCUT2D eigenvalue weighted by molar-refractivity contribution is 7.89. The number of nitro benzene ring substituents is 1. The Morgan fingerprint density at radius 3 is 1.76 bits per heavy atom. The number of carbonyl (C=O) groups excluding carboxylic acids is 4. The van der Waals surface area contributed by atoms with Gasteiger partial charge in [-0.05, 0) is 84.3 Å². The number of hydrogen-bond donors (Lipinski definition) is 5. The molecular formula is C51H70ClN11O12S. The molecule has 1 unspecified atom stereocenters.